The fourth-order valence-electron chi connectivity index (χ4n) is 0.948. The van der Waals surface area contributed by atoms with Gasteiger partial charge in [0.05, 0.1) is 0 Å². The molecule has 0 saturated heterocycles. The molecule has 1 N–H and O–H groups in total. The molecule has 0 aliphatic heterocycles. The summed E-state index contributed by atoms with van der Waals surface area (Å²) < 4.78 is 46.3. The molecule has 8 heteroatoms. The van der Waals surface area contributed by atoms with Crippen LogP contribution < -0.4 is 0 Å². The molecule has 1 atom stereocenters. The van der Waals surface area contributed by atoms with E-state index < -0.39 is 35.6 Å². The van der Waals surface area contributed by atoms with E-state index in [-0.39, 0.29) is 0 Å². The van der Waals surface area contributed by atoms with Gasteiger partial charge in [-0.1, -0.05) is 0 Å². The van der Waals surface area contributed by atoms with Gasteiger partial charge in [-0.3, -0.25) is 0 Å². The fourth-order valence-corrected chi connectivity index (χ4v) is 0.948. The second-order valence-electron chi connectivity index (χ2n) is 2.91. The molecule has 1 heterocycles. The molecular formula is C8H8F3NO4. The number of oxazole rings is 1. The molecular weight excluding hydrogens is 231 g/mol. The summed E-state index contributed by atoms with van der Waals surface area (Å²) in [5.74, 6) is -3.48. The van der Waals surface area contributed by atoms with Crippen LogP contribution in [0, 0.1) is 0 Å². The van der Waals surface area contributed by atoms with Gasteiger partial charge in [0.2, 0.25) is 11.7 Å². The number of carbonyl (C=O) groups is 1. The Bertz CT molecular complexity index is 398. The summed E-state index contributed by atoms with van der Waals surface area (Å²) in [6.07, 6.45) is -5.72. The number of aromatic carboxylic acids is 1. The smallest absolute Gasteiger partial charge is 0.437 e. The quantitative estimate of drug-likeness (QED) is 0.874. The first kappa shape index (κ1) is 12.5. The van der Waals surface area contributed by atoms with Crippen molar-refractivity contribution < 1.29 is 32.2 Å². The van der Waals surface area contributed by atoms with Gasteiger partial charge in [0.25, 0.3) is 0 Å². The van der Waals surface area contributed by atoms with Crippen LogP contribution in [0.3, 0.4) is 0 Å². The zero-order chi connectivity index (χ0) is 12.5. The molecule has 0 saturated carbocycles. The monoisotopic (exact) mass is 239 g/mol. The largest absolute Gasteiger partial charge is 0.475 e. The number of halogens is 3. The average molecular weight is 239 g/mol. The van der Waals surface area contributed by atoms with Crippen LogP contribution in [0.15, 0.2) is 4.42 Å². The summed E-state index contributed by atoms with van der Waals surface area (Å²) in [5.41, 5.74) is -1.56. The van der Waals surface area contributed by atoms with Crippen molar-refractivity contribution in [1.82, 2.24) is 4.98 Å². The van der Waals surface area contributed by atoms with Crippen LogP contribution in [0.4, 0.5) is 13.2 Å². The molecule has 1 unspecified atom stereocenters. The lowest BCUT2D eigenvalue weighted by atomic mass is 10.3. The first-order valence-corrected chi connectivity index (χ1v) is 4.11. The highest BCUT2D eigenvalue weighted by molar-refractivity contribution is 5.85. The Balaban J connectivity index is 3.26. The third-order valence-electron chi connectivity index (χ3n) is 1.81. The van der Waals surface area contributed by atoms with Crippen LogP contribution in [0.1, 0.15) is 35.2 Å². The average Bonchev–Trinajstić information content (AvgIpc) is 2.60. The maximum absolute atomic E-state index is 12.4. The number of rotatable bonds is 3. The molecule has 0 amide bonds. The number of alkyl halides is 3. The van der Waals surface area contributed by atoms with E-state index in [2.05, 4.69) is 14.1 Å². The Kier molecular flexibility index (Phi) is 3.22. The molecule has 1 rings (SSSR count). The van der Waals surface area contributed by atoms with E-state index in [9.17, 15) is 18.0 Å². The van der Waals surface area contributed by atoms with E-state index in [0.29, 0.717) is 0 Å². The lowest BCUT2D eigenvalue weighted by molar-refractivity contribution is -0.141. The molecule has 0 bridgehead atoms. The normalized spacial score (nSPS) is 13.8. The van der Waals surface area contributed by atoms with Crippen LogP contribution in [0.25, 0.3) is 0 Å². The highest BCUT2D eigenvalue weighted by Gasteiger charge is 2.41. The third-order valence-corrected chi connectivity index (χ3v) is 1.81. The van der Waals surface area contributed by atoms with E-state index in [1.165, 1.54) is 14.0 Å². The summed E-state index contributed by atoms with van der Waals surface area (Å²) >= 11 is 0. The summed E-state index contributed by atoms with van der Waals surface area (Å²) in [6, 6.07) is 0. The maximum Gasteiger partial charge on any atom is 0.437 e. The van der Waals surface area contributed by atoms with Crippen LogP contribution >= 0.6 is 0 Å². The third kappa shape index (κ3) is 2.32. The highest BCUT2D eigenvalue weighted by atomic mass is 19.4. The number of hydrogen-bond acceptors (Lipinski definition) is 4. The minimum Gasteiger partial charge on any atom is -0.475 e. The van der Waals surface area contributed by atoms with E-state index in [4.69, 9.17) is 5.11 Å². The van der Waals surface area contributed by atoms with E-state index in [0.717, 1.165) is 0 Å². The molecule has 1 aromatic heterocycles. The number of ether oxygens (including phenoxy) is 1. The van der Waals surface area contributed by atoms with Gasteiger partial charge in [0, 0.05) is 7.11 Å². The summed E-state index contributed by atoms with van der Waals surface area (Å²) in [5, 5.41) is 8.52. The maximum atomic E-state index is 12.4. The standard InChI is InChI=1S/C8H8F3NO4/c1-3(15-2)6-12-5(8(9,10)11)4(16-6)7(13)14/h3H,1-2H3,(H,13,14). The Labute approximate surface area is 87.8 Å². The van der Waals surface area contributed by atoms with Crippen molar-refractivity contribution >= 4 is 5.97 Å². The van der Waals surface area contributed by atoms with Crippen molar-refractivity contribution in [2.24, 2.45) is 0 Å². The summed E-state index contributed by atoms with van der Waals surface area (Å²) in [6.45, 7) is 1.39. The molecule has 0 aromatic carbocycles. The Morgan fingerprint density at radius 2 is 2.12 bits per heavy atom. The van der Waals surface area contributed by atoms with Gasteiger partial charge in [-0.15, -0.1) is 0 Å². The zero-order valence-electron chi connectivity index (χ0n) is 8.33. The SMILES string of the molecule is COC(C)c1nc(C(F)(F)F)c(C(=O)O)o1. The predicted molar refractivity (Wildman–Crippen MR) is 43.9 cm³/mol. The van der Waals surface area contributed by atoms with Gasteiger partial charge in [0.15, 0.2) is 5.69 Å². The van der Waals surface area contributed by atoms with Gasteiger partial charge in [-0.05, 0) is 6.92 Å². The van der Waals surface area contributed by atoms with Crippen LogP contribution in [-0.2, 0) is 10.9 Å². The number of carboxylic acid groups (broad SMARTS) is 1. The van der Waals surface area contributed by atoms with Crippen molar-refractivity contribution in [2.45, 2.75) is 19.2 Å². The lowest BCUT2D eigenvalue weighted by Gasteiger charge is -2.02. The lowest BCUT2D eigenvalue weighted by Crippen LogP contribution is -2.11. The van der Waals surface area contributed by atoms with Gasteiger partial charge in [-0.2, -0.15) is 13.2 Å². The Morgan fingerprint density at radius 1 is 1.56 bits per heavy atom. The number of hydrogen-bond donors (Lipinski definition) is 1. The Hall–Kier alpha value is -1.57. The summed E-state index contributed by atoms with van der Waals surface area (Å²) in [7, 11) is 1.24. The molecule has 0 radical (unpaired) electrons. The minimum atomic E-state index is -4.87. The number of carboxylic acids is 1. The number of aromatic nitrogens is 1. The van der Waals surface area contributed by atoms with Crippen molar-refractivity contribution in [3.8, 4) is 0 Å². The zero-order valence-corrected chi connectivity index (χ0v) is 8.33. The minimum absolute atomic E-state index is 0.424. The molecule has 90 valence electrons. The fraction of sp³-hybridized carbons (Fsp3) is 0.500. The molecule has 1 aromatic rings. The predicted octanol–water partition coefficient (Wildman–Crippen LogP) is 2.10. The van der Waals surface area contributed by atoms with Crippen LogP contribution in [-0.4, -0.2) is 23.2 Å². The van der Waals surface area contributed by atoms with Gasteiger partial charge < -0.3 is 14.3 Å². The molecule has 0 aliphatic carbocycles. The molecule has 0 aliphatic rings. The van der Waals surface area contributed by atoms with Crippen LogP contribution in [0.2, 0.25) is 0 Å². The first-order chi connectivity index (χ1) is 7.27. The summed E-state index contributed by atoms with van der Waals surface area (Å²) in [4.78, 5) is 13.6. The van der Waals surface area contributed by atoms with Crippen molar-refractivity contribution in [1.29, 1.82) is 0 Å². The van der Waals surface area contributed by atoms with Gasteiger partial charge >= 0.3 is 12.1 Å². The first-order valence-electron chi connectivity index (χ1n) is 4.11. The van der Waals surface area contributed by atoms with E-state index in [1.807, 2.05) is 0 Å². The van der Waals surface area contributed by atoms with E-state index >= 15 is 0 Å². The van der Waals surface area contributed by atoms with Gasteiger partial charge in [0.1, 0.15) is 6.10 Å². The number of nitrogens with zero attached hydrogens (tertiary/aromatic N) is 1. The molecule has 5 nitrogen and oxygen atoms in total. The second kappa shape index (κ2) is 4.12. The molecule has 16 heavy (non-hydrogen) atoms. The highest BCUT2D eigenvalue weighted by Crippen LogP contribution is 2.33. The van der Waals surface area contributed by atoms with Crippen molar-refractivity contribution in [3.05, 3.63) is 17.3 Å². The van der Waals surface area contributed by atoms with E-state index in [1.54, 1.807) is 0 Å². The molecule has 0 spiro atoms. The molecule has 0 fully saturated rings. The second-order valence-corrected chi connectivity index (χ2v) is 2.91. The van der Waals surface area contributed by atoms with Crippen molar-refractivity contribution in [3.63, 3.8) is 0 Å². The number of methoxy groups -OCH3 is 1. The van der Waals surface area contributed by atoms with Gasteiger partial charge in [-0.25, -0.2) is 9.78 Å². The Morgan fingerprint density at radius 3 is 2.44 bits per heavy atom. The van der Waals surface area contributed by atoms with Crippen molar-refractivity contribution in [2.75, 3.05) is 7.11 Å². The topological polar surface area (TPSA) is 72.6 Å². The van der Waals surface area contributed by atoms with Crippen LogP contribution in [0.5, 0.6) is 0 Å².